The quantitative estimate of drug-likeness (QED) is 0.0894. The lowest BCUT2D eigenvalue weighted by Crippen LogP contribution is -2.42. The molecule has 5 atom stereocenters. The molecule has 12 aromatic rings. The van der Waals surface area contributed by atoms with Gasteiger partial charge in [0.2, 0.25) is 0 Å². The summed E-state index contributed by atoms with van der Waals surface area (Å²) in [6.07, 6.45) is 15.9. The molecule has 5 unspecified atom stereocenters. The molecule has 0 N–H and O–H groups in total. The highest BCUT2D eigenvalue weighted by atomic mass is 35.6. The summed E-state index contributed by atoms with van der Waals surface area (Å²) in [5, 5.41) is 0. The number of halogens is 1. The number of allylic oxidation sites excluding steroid dienone is 6. The highest BCUT2D eigenvalue weighted by Crippen LogP contribution is 2.59. The molecule has 18 rings (SSSR count). The van der Waals surface area contributed by atoms with E-state index in [2.05, 4.69) is 528 Å². The summed E-state index contributed by atoms with van der Waals surface area (Å²) < 4.78 is 0. The van der Waals surface area contributed by atoms with Crippen LogP contribution in [0.25, 0.3) is 103 Å². The van der Waals surface area contributed by atoms with Crippen LogP contribution in [0.5, 0.6) is 0 Å². The molecule has 0 aliphatic heterocycles. The van der Waals surface area contributed by atoms with Crippen LogP contribution in [0.2, 0.25) is 39.3 Å². The summed E-state index contributed by atoms with van der Waals surface area (Å²) in [5.41, 5.74) is 60.3. The standard InChI is InChI=1S/C47H58Si.C42H48Si.C25H32.C22H27ClSi.CH4/c1-29-18-23-38(33-26-35(46(7,8)9)28-36(27-33)47(10,11)12)42-40(29)24-31(3)44(42)48(13,14)43-30(2)25-41-37(16-15-17-39(41)43)32-19-21-34(22-20-32)45(4,5)6;1-27-25-37-33(29-17-21-31(22-18-29)41(3,4)5)13-11-15-35(37)39(27)43(9,10)40-28(2)26-38-34(14-12-16-36(38)40)30-19-23-32(24-20-30)42(6,7)8;1-16-11-22-17(2)9-10-21(23(22)12-16)18-13-19(24(3,4)5)15-20(14-18)25(6,7)8;1-15-14-20-18(8-7-9-19(20)21(15)24(5,6)23)16-10-12-17(13-11-16)22(2,3)4;/h15-28,43-44H,1-14H3;11-26,39-40H,1-10H3;9-10,12-15H,11H2,1-8H3;7-14,21H,1-6H3;1H4. The topological polar surface area (TPSA) is 0 Å². The SMILES string of the molecule is C.CC1=Cc2c(-c3cc(C(C)(C)C)cc(C(C)(C)C)c3)ccc(C)c2C1.CC1=Cc2c(-c3ccc(C(C)(C)C)cc3)cccc2C1[Si](C)(C)C1C(C)=Cc2c(-c3ccc(C(C)(C)C)cc3)cccc21.CC1=Cc2c(-c3ccc(C(C)(C)C)cc3)cccc2C1[Si](C)(C)C1C(C)=Cc2c(C)ccc(-c3cc(C(C)(C)C)cc(C(C)(C)C)c3)c21.CC1=Cc2c(-c3ccc(C(C)(C)C)cc3)cccc2C1[Si](C)(C)Cl. The maximum absolute atomic E-state index is 6.83. The molecular formula is C137H169ClSi3. The van der Waals surface area contributed by atoms with Gasteiger partial charge in [0.1, 0.15) is 0 Å². The largest absolute Gasteiger partial charge is 0.167 e. The van der Waals surface area contributed by atoms with Gasteiger partial charge in [-0.05, 0) is 294 Å². The number of fused-ring (bicyclic) bond motifs is 6. The normalized spacial score (nSPS) is 17.3. The minimum atomic E-state index is -2.05. The van der Waals surface area contributed by atoms with E-state index in [4.69, 9.17) is 11.1 Å². The number of benzene rings is 12. The van der Waals surface area contributed by atoms with Crippen molar-refractivity contribution in [2.45, 2.75) is 346 Å². The highest BCUT2D eigenvalue weighted by molar-refractivity contribution is 7.20. The van der Waals surface area contributed by atoms with Gasteiger partial charge in [0, 0.05) is 27.7 Å². The molecule has 4 heteroatoms. The molecular weight excluding hydrogens is 1770 g/mol. The first-order chi connectivity index (χ1) is 64.9. The summed E-state index contributed by atoms with van der Waals surface area (Å²) in [6, 6.07) is 88.8. The van der Waals surface area contributed by atoms with Crippen molar-refractivity contribution in [2.24, 2.45) is 0 Å². The fourth-order valence-corrected chi connectivity index (χ4v) is 37.3. The lowest BCUT2D eigenvalue weighted by Gasteiger charge is -2.40. The van der Waals surface area contributed by atoms with Crippen molar-refractivity contribution in [1.82, 2.24) is 0 Å². The molecule has 0 radical (unpaired) electrons. The van der Waals surface area contributed by atoms with E-state index in [0.29, 0.717) is 27.7 Å². The molecule has 0 nitrogen and oxygen atoms in total. The van der Waals surface area contributed by atoms with Crippen LogP contribution in [0.1, 0.15) is 365 Å². The summed E-state index contributed by atoms with van der Waals surface area (Å²) in [6.45, 7) is 89.0. The first-order valence-electron chi connectivity index (χ1n) is 52.2. The second-order valence-corrected chi connectivity index (χ2v) is 68.9. The molecule has 0 heterocycles. The van der Waals surface area contributed by atoms with Crippen LogP contribution in [0.3, 0.4) is 0 Å². The van der Waals surface area contributed by atoms with Gasteiger partial charge >= 0.3 is 0 Å². The Bertz CT molecular complexity index is 6760. The van der Waals surface area contributed by atoms with Crippen molar-refractivity contribution in [3.63, 3.8) is 0 Å². The van der Waals surface area contributed by atoms with Gasteiger partial charge in [0.15, 0.2) is 7.38 Å². The summed E-state index contributed by atoms with van der Waals surface area (Å²) in [5.74, 6) is 0. The zero-order valence-electron chi connectivity index (χ0n) is 92.9. The Kier molecular flexibility index (Phi) is 29.4. The molecule has 0 bridgehead atoms. The fraction of sp³-hybridized carbons (Fsp3) is 0.387. The molecule has 0 saturated carbocycles. The minimum absolute atomic E-state index is 0. The van der Waals surface area contributed by atoms with E-state index in [0.717, 1.165) is 6.42 Å². The van der Waals surface area contributed by atoms with Crippen LogP contribution in [0.15, 0.2) is 264 Å². The predicted molar refractivity (Wildman–Crippen MR) is 635 cm³/mol. The number of hydrogen-bond acceptors (Lipinski definition) is 0. The van der Waals surface area contributed by atoms with Crippen LogP contribution in [-0.4, -0.2) is 23.5 Å². The molecule has 0 spiro atoms. The van der Waals surface area contributed by atoms with E-state index in [9.17, 15) is 0 Å². The fourth-order valence-electron chi connectivity index (χ4n) is 24.3. The Labute approximate surface area is 863 Å². The highest BCUT2D eigenvalue weighted by Gasteiger charge is 2.50. The van der Waals surface area contributed by atoms with E-state index in [-0.39, 0.29) is 50.7 Å². The van der Waals surface area contributed by atoms with Gasteiger partial charge in [0.25, 0.3) is 0 Å². The lowest BCUT2D eigenvalue weighted by atomic mass is 9.78. The monoisotopic (exact) mass is 1930 g/mol. The molecule has 141 heavy (non-hydrogen) atoms. The molecule has 0 fully saturated rings. The molecule has 12 aromatic carbocycles. The zero-order chi connectivity index (χ0) is 102. The Balaban J connectivity index is 0.000000156. The van der Waals surface area contributed by atoms with Crippen LogP contribution in [-0.2, 0) is 49.7 Å². The van der Waals surface area contributed by atoms with Gasteiger partial charge in [-0.3, -0.25) is 0 Å². The smallest absolute Gasteiger partial charge is 0.161 e. The molecule has 0 aromatic heterocycles. The second kappa shape index (κ2) is 38.9. The summed E-state index contributed by atoms with van der Waals surface area (Å²) in [4.78, 5) is 0. The van der Waals surface area contributed by atoms with Crippen molar-refractivity contribution in [1.29, 1.82) is 0 Å². The van der Waals surface area contributed by atoms with Gasteiger partial charge < -0.3 is 0 Å². The zero-order valence-corrected chi connectivity index (χ0v) is 96.6. The van der Waals surface area contributed by atoms with Gasteiger partial charge in [-0.1, -0.05) is 513 Å². The third kappa shape index (κ3) is 21.6. The number of hydrogen-bond donors (Lipinski definition) is 0. The van der Waals surface area contributed by atoms with Crippen molar-refractivity contribution in [3.8, 4) is 66.8 Å². The van der Waals surface area contributed by atoms with Crippen molar-refractivity contribution in [2.75, 3.05) is 0 Å². The predicted octanol–water partition coefficient (Wildman–Crippen LogP) is 40.8. The molecule has 736 valence electrons. The second-order valence-electron chi connectivity index (χ2n) is 52.7. The van der Waals surface area contributed by atoms with Crippen LogP contribution < -0.4 is 0 Å². The molecule has 0 saturated heterocycles. The van der Waals surface area contributed by atoms with Crippen LogP contribution in [0.4, 0.5) is 0 Å². The van der Waals surface area contributed by atoms with Crippen LogP contribution in [0, 0.1) is 13.8 Å². The van der Waals surface area contributed by atoms with Gasteiger partial charge in [-0.2, -0.15) is 11.1 Å². The third-order valence-corrected chi connectivity index (χ3v) is 43.8. The van der Waals surface area contributed by atoms with Crippen molar-refractivity contribution in [3.05, 3.63) is 386 Å². The molecule has 0 amide bonds. The van der Waals surface area contributed by atoms with Crippen molar-refractivity contribution < 1.29 is 0 Å². The van der Waals surface area contributed by atoms with E-state index >= 15 is 0 Å². The Morgan fingerprint density at radius 3 is 0.759 bits per heavy atom. The average Bonchev–Trinajstić information content (AvgIpc) is 1.57. The number of rotatable bonds is 11. The van der Waals surface area contributed by atoms with E-state index in [1.54, 1.807) is 5.56 Å². The van der Waals surface area contributed by atoms with Gasteiger partial charge in [-0.25, -0.2) is 0 Å². The summed E-state index contributed by atoms with van der Waals surface area (Å²) in [7, 11) is -5.76. The van der Waals surface area contributed by atoms with E-state index < -0.39 is 23.5 Å². The third-order valence-electron chi connectivity index (χ3n) is 32.0. The summed E-state index contributed by atoms with van der Waals surface area (Å²) >= 11 is 6.83. The Morgan fingerprint density at radius 1 is 0.227 bits per heavy atom. The first-order valence-corrected chi connectivity index (χ1v) is 62.6. The molecule has 6 aliphatic carbocycles. The first kappa shape index (κ1) is 107. The lowest BCUT2D eigenvalue weighted by molar-refractivity contribution is 0.568. The maximum Gasteiger partial charge on any atom is 0.161 e. The number of aryl methyl sites for hydroxylation is 2. The average molecular weight is 1940 g/mol. The Hall–Kier alpha value is -9.98. The molecule has 6 aliphatic rings. The Morgan fingerprint density at radius 2 is 0.468 bits per heavy atom. The minimum Gasteiger partial charge on any atom is -0.167 e. The van der Waals surface area contributed by atoms with Crippen molar-refractivity contribution >= 4 is 71.1 Å². The van der Waals surface area contributed by atoms with E-state index in [1.165, 1.54) is 217 Å². The maximum atomic E-state index is 6.83. The van der Waals surface area contributed by atoms with Crippen LogP contribution >= 0.6 is 11.1 Å². The van der Waals surface area contributed by atoms with Gasteiger partial charge in [-0.15, -0.1) is 0 Å². The van der Waals surface area contributed by atoms with E-state index in [1.807, 2.05) is 0 Å². The van der Waals surface area contributed by atoms with Gasteiger partial charge in [0.05, 0.1) is 16.1 Å².